The van der Waals surface area contributed by atoms with Gasteiger partial charge in [-0.3, -0.25) is 4.79 Å². The van der Waals surface area contributed by atoms with Gasteiger partial charge < -0.3 is 15.2 Å². The van der Waals surface area contributed by atoms with Crippen LogP contribution < -0.4 is 10.1 Å². The van der Waals surface area contributed by atoms with E-state index in [9.17, 15) is 27.5 Å². The van der Waals surface area contributed by atoms with Crippen molar-refractivity contribution in [3.05, 3.63) is 65.6 Å². The number of alkyl halides is 3. The topological polar surface area (TPSA) is 100 Å². The van der Waals surface area contributed by atoms with Gasteiger partial charge in [-0.1, -0.05) is 12.1 Å². The number of halogens is 4. The molecule has 0 spiro atoms. The highest BCUT2D eigenvalue weighted by atomic mass is 19.4. The maximum Gasteiger partial charge on any atom is 0.435 e. The van der Waals surface area contributed by atoms with E-state index in [2.05, 4.69) is 10.4 Å². The largest absolute Gasteiger partial charge is 0.506 e. The summed E-state index contributed by atoms with van der Waals surface area (Å²) in [5.41, 5.74) is -1.55. The molecule has 0 atom stereocenters. The van der Waals surface area contributed by atoms with E-state index in [1.165, 1.54) is 30.3 Å². The van der Waals surface area contributed by atoms with Crippen molar-refractivity contribution in [3.8, 4) is 23.4 Å². The minimum absolute atomic E-state index is 0.0828. The molecule has 2 aromatic carbocycles. The molecule has 0 aliphatic heterocycles. The van der Waals surface area contributed by atoms with Gasteiger partial charge in [0.1, 0.15) is 23.3 Å². The number of benzene rings is 2. The van der Waals surface area contributed by atoms with E-state index in [1.54, 1.807) is 6.07 Å². The van der Waals surface area contributed by atoms with Gasteiger partial charge in [0.15, 0.2) is 12.3 Å². The molecule has 1 amide bonds. The number of para-hydroxylation sites is 2. The van der Waals surface area contributed by atoms with E-state index in [1.807, 2.05) is 0 Å². The molecule has 0 aliphatic rings. The Morgan fingerprint density at radius 3 is 2.63 bits per heavy atom. The van der Waals surface area contributed by atoms with Crippen LogP contribution in [0.3, 0.4) is 0 Å². The minimum Gasteiger partial charge on any atom is -0.506 e. The van der Waals surface area contributed by atoms with Gasteiger partial charge in [0.2, 0.25) is 5.88 Å². The molecule has 1 aromatic heterocycles. The molecule has 0 saturated carbocycles. The second-order valence-corrected chi connectivity index (χ2v) is 5.91. The van der Waals surface area contributed by atoms with Crippen molar-refractivity contribution in [3.63, 3.8) is 0 Å². The van der Waals surface area contributed by atoms with Crippen molar-refractivity contribution >= 4 is 11.6 Å². The van der Waals surface area contributed by atoms with Gasteiger partial charge in [-0.25, -0.2) is 4.39 Å². The van der Waals surface area contributed by atoms with Gasteiger partial charge in [0.25, 0.3) is 5.91 Å². The minimum atomic E-state index is -4.78. The molecular formula is C19H12F4N4O3. The normalized spacial score (nSPS) is 11.0. The molecule has 0 aliphatic carbocycles. The molecule has 11 heteroatoms. The molecule has 0 bridgehead atoms. The molecule has 154 valence electrons. The number of ether oxygens (including phenoxy) is 1. The zero-order valence-corrected chi connectivity index (χ0v) is 14.9. The number of hydrogen-bond acceptors (Lipinski definition) is 5. The van der Waals surface area contributed by atoms with Gasteiger partial charge in [-0.05, 0) is 30.3 Å². The molecule has 0 saturated heterocycles. The number of anilines is 1. The third-order valence-corrected chi connectivity index (χ3v) is 3.80. The van der Waals surface area contributed by atoms with Crippen LogP contribution in [0.2, 0.25) is 0 Å². The summed E-state index contributed by atoms with van der Waals surface area (Å²) in [7, 11) is 0. The number of phenolic OH excluding ortho intramolecular Hbond substituents is 1. The summed E-state index contributed by atoms with van der Waals surface area (Å²) in [5, 5.41) is 24.5. The van der Waals surface area contributed by atoms with Crippen molar-refractivity contribution in [1.82, 2.24) is 9.78 Å². The van der Waals surface area contributed by atoms with Crippen molar-refractivity contribution in [2.24, 2.45) is 0 Å². The number of nitriles is 1. The first-order valence-corrected chi connectivity index (χ1v) is 8.27. The van der Waals surface area contributed by atoms with Crippen LogP contribution in [0.4, 0.5) is 23.2 Å². The van der Waals surface area contributed by atoms with Crippen LogP contribution in [-0.2, 0) is 11.0 Å². The molecule has 1 heterocycles. The van der Waals surface area contributed by atoms with Gasteiger partial charge in [-0.2, -0.15) is 28.2 Å². The summed E-state index contributed by atoms with van der Waals surface area (Å²) in [6, 6.07) is 11.0. The lowest BCUT2D eigenvalue weighted by Gasteiger charge is -2.11. The Balaban J connectivity index is 1.81. The summed E-state index contributed by atoms with van der Waals surface area (Å²) in [6.45, 7) is -0.712. The number of nitrogens with one attached hydrogen (secondary N) is 1. The predicted octanol–water partition coefficient (Wildman–Crippen LogP) is 3.62. The van der Waals surface area contributed by atoms with Crippen LogP contribution in [0.1, 0.15) is 11.3 Å². The summed E-state index contributed by atoms with van der Waals surface area (Å²) in [4.78, 5) is 12.1. The van der Waals surface area contributed by atoms with Crippen LogP contribution in [0.5, 0.6) is 11.6 Å². The number of amides is 1. The molecule has 3 aromatic rings. The highest BCUT2D eigenvalue weighted by Gasteiger charge is 2.36. The summed E-state index contributed by atoms with van der Waals surface area (Å²) in [6.07, 6.45) is -4.78. The summed E-state index contributed by atoms with van der Waals surface area (Å²) < 4.78 is 58.4. The summed E-state index contributed by atoms with van der Waals surface area (Å²) in [5.74, 6) is -2.32. The van der Waals surface area contributed by atoms with Crippen LogP contribution in [-0.4, -0.2) is 27.4 Å². The number of aromatic hydroxyl groups is 1. The van der Waals surface area contributed by atoms with Gasteiger partial charge in [0, 0.05) is 11.8 Å². The quantitative estimate of drug-likeness (QED) is 0.614. The Labute approximate surface area is 166 Å². The van der Waals surface area contributed by atoms with E-state index in [-0.39, 0.29) is 22.7 Å². The smallest absolute Gasteiger partial charge is 0.435 e. The fraction of sp³-hybridized carbons (Fsp3) is 0.105. The third kappa shape index (κ3) is 4.49. The lowest BCUT2D eigenvalue weighted by molar-refractivity contribution is -0.141. The first-order valence-electron chi connectivity index (χ1n) is 8.27. The Kier molecular flexibility index (Phi) is 5.59. The number of phenols is 1. The standard InChI is InChI=1S/C19H12F4N4O3/c20-13-6-5-12(7-11(13)9-24)25-17(29)10-30-18-8-16(19(21,22)23)26-27(18)14-3-1-2-4-15(14)28/h1-8,28H,10H2,(H,25,29). The van der Waals surface area contributed by atoms with Crippen LogP contribution in [0.15, 0.2) is 48.5 Å². The van der Waals surface area contributed by atoms with E-state index < -0.39 is 36.1 Å². The maximum atomic E-state index is 13.3. The molecule has 3 rings (SSSR count). The second-order valence-electron chi connectivity index (χ2n) is 5.91. The van der Waals surface area contributed by atoms with Crippen molar-refractivity contribution in [2.45, 2.75) is 6.18 Å². The first-order chi connectivity index (χ1) is 14.2. The molecule has 0 radical (unpaired) electrons. The zero-order chi connectivity index (χ0) is 21.9. The fourth-order valence-electron chi connectivity index (χ4n) is 2.45. The van der Waals surface area contributed by atoms with E-state index in [4.69, 9.17) is 10.00 Å². The number of carbonyl (C=O) groups is 1. The monoisotopic (exact) mass is 420 g/mol. The zero-order valence-electron chi connectivity index (χ0n) is 14.9. The SMILES string of the molecule is N#Cc1cc(NC(=O)COc2cc(C(F)(F)F)nn2-c2ccccc2O)ccc1F. The van der Waals surface area contributed by atoms with Crippen LogP contribution in [0, 0.1) is 17.1 Å². The Morgan fingerprint density at radius 2 is 1.97 bits per heavy atom. The van der Waals surface area contributed by atoms with E-state index in [0.717, 1.165) is 16.8 Å². The third-order valence-electron chi connectivity index (χ3n) is 3.80. The van der Waals surface area contributed by atoms with E-state index in [0.29, 0.717) is 6.07 Å². The lowest BCUT2D eigenvalue weighted by atomic mass is 10.2. The number of aromatic nitrogens is 2. The van der Waals surface area contributed by atoms with Gasteiger partial charge >= 0.3 is 6.18 Å². The predicted molar refractivity (Wildman–Crippen MR) is 95.5 cm³/mol. The van der Waals surface area contributed by atoms with Crippen LogP contribution in [0.25, 0.3) is 5.69 Å². The van der Waals surface area contributed by atoms with E-state index >= 15 is 0 Å². The van der Waals surface area contributed by atoms with Crippen LogP contribution >= 0.6 is 0 Å². The molecule has 30 heavy (non-hydrogen) atoms. The van der Waals surface area contributed by atoms with Crippen molar-refractivity contribution in [2.75, 3.05) is 11.9 Å². The number of rotatable bonds is 5. The average Bonchev–Trinajstić information content (AvgIpc) is 3.13. The Hall–Kier alpha value is -4.07. The highest BCUT2D eigenvalue weighted by Crippen LogP contribution is 2.33. The average molecular weight is 420 g/mol. The lowest BCUT2D eigenvalue weighted by Crippen LogP contribution is -2.21. The number of carbonyl (C=O) groups excluding carboxylic acids is 1. The Bertz CT molecular complexity index is 1140. The molecular weight excluding hydrogens is 408 g/mol. The second kappa shape index (κ2) is 8.12. The highest BCUT2D eigenvalue weighted by molar-refractivity contribution is 5.92. The maximum absolute atomic E-state index is 13.3. The fourth-order valence-corrected chi connectivity index (χ4v) is 2.45. The van der Waals surface area contributed by atoms with Gasteiger partial charge in [-0.15, -0.1) is 0 Å². The molecule has 7 nitrogen and oxygen atoms in total. The number of nitrogens with zero attached hydrogens (tertiary/aromatic N) is 3. The Morgan fingerprint density at radius 1 is 1.23 bits per heavy atom. The molecule has 0 unspecified atom stereocenters. The van der Waals surface area contributed by atoms with Crippen molar-refractivity contribution in [1.29, 1.82) is 5.26 Å². The molecule has 0 fully saturated rings. The summed E-state index contributed by atoms with van der Waals surface area (Å²) >= 11 is 0. The van der Waals surface area contributed by atoms with Crippen molar-refractivity contribution < 1.29 is 32.2 Å². The molecule has 2 N–H and O–H groups in total. The first kappa shape index (κ1) is 20.7. The van der Waals surface area contributed by atoms with Gasteiger partial charge in [0.05, 0.1) is 5.56 Å². The number of hydrogen-bond donors (Lipinski definition) is 2.